The van der Waals surface area contributed by atoms with E-state index in [1.54, 1.807) is 11.0 Å². The molecule has 1 atom stereocenters. The Hall–Kier alpha value is -2.05. The Morgan fingerprint density at radius 2 is 1.90 bits per heavy atom. The summed E-state index contributed by atoms with van der Waals surface area (Å²) in [5, 5.41) is 3.37. The van der Waals surface area contributed by atoms with Crippen LogP contribution in [0.5, 0.6) is 5.75 Å². The maximum atomic E-state index is 13.1. The van der Waals surface area contributed by atoms with Crippen molar-refractivity contribution < 1.29 is 14.3 Å². The summed E-state index contributed by atoms with van der Waals surface area (Å²) in [5.41, 5.74) is 1.95. The predicted molar refractivity (Wildman–Crippen MR) is 124 cm³/mol. The highest BCUT2D eigenvalue weighted by atomic mass is 79.9. The van der Waals surface area contributed by atoms with Crippen molar-refractivity contribution in [1.82, 2.24) is 10.2 Å². The number of hydrogen-bond acceptors (Lipinski definition) is 3. The van der Waals surface area contributed by atoms with Crippen molar-refractivity contribution in [2.75, 3.05) is 13.2 Å². The normalized spacial score (nSPS) is 11.6. The van der Waals surface area contributed by atoms with Gasteiger partial charge in [0.15, 0.2) is 6.61 Å². The van der Waals surface area contributed by atoms with E-state index >= 15 is 0 Å². The minimum absolute atomic E-state index is 0.176. The molecule has 0 aliphatic heterocycles. The number of carbonyl (C=O) groups excluding carboxylic acids is 2. The number of likely N-dealkylation sites (N-methyl/N-ethyl adjacent to an activating group) is 1. The highest BCUT2D eigenvalue weighted by molar-refractivity contribution is 9.10. The monoisotopic (exact) mass is 494 g/mol. The number of rotatable bonds is 10. The number of carbonyl (C=O) groups is 2. The first kappa shape index (κ1) is 24.2. The third-order valence-electron chi connectivity index (χ3n) is 4.79. The van der Waals surface area contributed by atoms with Gasteiger partial charge in [0.2, 0.25) is 5.91 Å². The number of aryl methyl sites for hydroxylation is 1. The van der Waals surface area contributed by atoms with Gasteiger partial charge >= 0.3 is 0 Å². The van der Waals surface area contributed by atoms with Crippen LogP contribution in [0, 0.1) is 0 Å². The first-order chi connectivity index (χ1) is 14.4. The maximum absolute atomic E-state index is 13.1. The lowest BCUT2D eigenvalue weighted by molar-refractivity contribution is -0.142. The quantitative estimate of drug-likeness (QED) is 0.505. The molecule has 0 radical (unpaired) electrons. The van der Waals surface area contributed by atoms with Crippen LogP contribution >= 0.6 is 27.5 Å². The van der Waals surface area contributed by atoms with Crippen molar-refractivity contribution in [3.63, 3.8) is 0 Å². The smallest absolute Gasteiger partial charge is 0.261 e. The first-order valence-electron chi connectivity index (χ1n) is 10.1. The Bertz CT molecular complexity index is 875. The molecule has 7 heteroatoms. The van der Waals surface area contributed by atoms with E-state index in [1.807, 2.05) is 50.2 Å². The van der Waals surface area contributed by atoms with E-state index in [1.165, 1.54) is 5.56 Å². The molecule has 2 aromatic rings. The highest BCUT2D eigenvalue weighted by Crippen LogP contribution is 2.26. The summed E-state index contributed by atoms with van der Waals surface area (Å²) in [6.07, 6.45) is 1.39. The summed E-state index contributed by atoms with van der Waals surface area (Å²) in [4.78, 5) is 27.3. The number of halogens is 2. The van der Waals surface area contributed by atoms with Gasteiger partial charge in [-0.15, -0.1) is 0 Å². The molecule has 30 heavy (non-hydrogen) atoms. The second-order valence-electron chi connectivity index (χ2n) is 6.84. The molecule has 0 bridgehead atoms. The Labute approximate surface area is 191 Å². The molecule has 5 nitrogen and oxygen atoms in total. The van der Waals surface area contributed by atoms with Crippen molar-refractivity contribution >= 4 is 39.3 Å². The van der Waals surface area contributed by atoms with Crippen LogP contribution in [0.1, 0.15) is 38.3 Å². The molecule has 0 unspecified atom stereocenters. The number of amides is 2. The summed E-state index contributed by atoms with van der Waals surface area (Å²) in [7, 11) is 0. The van der Waals surface area contributed by atoms with Crippen LogP contribution in [0.15, 0.2) is 46.9 Å². The Morgan fingerprint density at radius 1 is 1.17 bits per heavy atom. The predicted octanol–water partition coefficient (Wildman–Crippen LogP) is 4.99. The fourth-order valence-corrected chi connectivity index (χ4v) is 3.86. The summed E-state index contributed by atoms with van der Waals surface area (Å²) in [6, 6.07) is 12.5. The average Bonchev–Trinajstić information content (AvgIpc) is 2.74. The molecule has 0 aromatic heterocycles. The molecule has 0 aliphatic carbocycles. The van der Waals surface area contributed by atoms with Crippen molar-refractivity contribution in [2.24, 2.45) is 0 Å². The van der Waals surface area contributed by atoms with Gasteiger partial charge in [0.05, 0.1) is 4.47 Å². The standard InChI is InChI=1S/C23H28BrClN2O3/c1-4-16-11-12-21(18(24)13-16)30-15-22(28)27(20(5-2)23(29)26-6-3)14-17-9-7-8-10-19(17)25/h7-13,20H,4-6,14-15H2,1-3H3,(H,26,29)/t20-/m1/s1. The molecular formula is C23H28BrClN2O3. The third kappa shape index (κ3) is 6.47. The molecule has 1 N–H and O–H groups in total. The number of nitrogens with zero attached hydrogens (tertiary/aromatic N) is 1. The van der Waals surface area contributed by atoms with Crippen LogP contribution in [0.25, 0.3) is 0 Å². The fraction of sp³-hybridized carbons (Fsp3) is 0.391. The van der Waals surface area contributed by atoms with Crippen LogP contribution < -0.4 is 10.1 Å². The largest absolute Gasteiger partial charge is 0.483 e. The van der Waals surface area contributed by atoms with Crippen LogP contribution in [-0.2, 0) is 22.6 Å². The zero-order valence-electron chi connectivity index (χ0n) is 17.6. The topological polar surface area (TPSA) is 58.6 Å². The van der Waals surface area contributed by atoms with Crippen LogP contribution in [0.2, 0.25) is 5.02 Å². The molecule has 0 aliphatic rings. The van der Waals surface area contributed by atoms with Crippen molar-refractivity contribution in [3.05, 3.63) is 63.1 Å². The zero-order valence-corrected chi connectivity index (χ0v) is 19.9. The zero-order chi connectivity index (χ0) is 22.1. The van der Waals surface area contributed by atoms with Gasteiger partial charge in [-0.25, -0.2) is 0 Å². The molecule has 2 aromatic carbocycles. The third-order valence-corrected chi connectivity index (χ3v) is 5.78. The van der Waals surface area contributed by atoms with Gasteiger partial charge in [-0.05, 0) is 65.0 Å². The molecule has 162 valence electrons. The Balaban J connectivity index is 2.22. The van der Waals surface area contributed by atoms with E-state index in [0.29, 0.717) is 23.7 Å². The number of hydrogen-bond donors (Lipinski definition) is 1. The Morgan fingerprint density at radius 3 is 2.50 bits per heavy atom. The summed E-state index contributed by atoms with van der Waals surface area (Å²) in [6.45, 7) is 6.36. The lowest BCUT2D eigenvalue weighted by atomic mass is 10.1. The number of benzene rings is 2. The summed E-state index contributed by atoms with van der Waals surface area (Å²) in [5.74, 6) is 0.123. The molecule has 2 amide bonds. The van der Waals surface area contributed by atoms with Gasteiger partial charge < -0.3 is 15.0 Å². The van der Waals surface area contributed by atoms with Gasteiger partial charge in [-0.1, -0.05) is 49.7 Å². The van der Waals surface area contributed by atoms with Crippen LogP contribution in [0.3, 0.4) is 0 Å². The van der Waals surface area contributed by atoms with E-state index in [-0.39, 0.29) is 25.0 Å². The van der Waals surface area contributed by atoms with Gasteiger partial charge in [-0.3, -0.25) is 9.59 Å². The van der Waals surface area contributed by atoms with Crippen LogP contribution in [0.4, 0.5) is 0 Å². The molecule has 0 heterocycles. The van der Waals surface area contributed by atoms with Crippen LogP contribution in [-0.4, -0.2) is 35.9 Å². The van der Waals surface area contributed by atoms with Gasteiger partial charge in [-0.2, -0.15) is 0 Å². The Kier molecular flexibility index (Phi) is 9.66. The SMILES string of the molecule is CCNC(=O)[C@@H](CC)N(Cc1ccccc1Cl)C(=O)COc1ccc(CC)cc1Br. The van der Waals surface area contributed by atoms with Gasteiger partial charge in [0.25, 0.3) is 5.91 Å². The second kappa shape index (κ2) is 12.0. The molecule has 0 saturated carbocycles. The fourth-order valence-electron chi connectivity index (χ4n) is 3.13. The molecular weight excluding hydrogens is 468 g/mol. The number of nitrogens with one attached hydrogen (secondary N) is 1. The molecule has 0 spiro atoms. The van der Waals surface area contributed by atoms with Gasteiger partial charge in [0, 0.05) is 18.1 Å². The van der Waals surface area contributed by atoms with Gasteiger partial charge in [0.1, 0.15) is 11.8 Å². The van der Waals surface area contributed by atoms with Crippen molar-refractivity contribution in [1.29, 1.82) is 0 Å². The minimum Gasteiger partial charge on any atom is -0.483 e. The average molecular weight is 496 g/mol. The highest BCUT2D eigenvalue weighted by Gasteiger charge is 2.29. The van der Waals surface area contributed by atoms with E-state index in [0.717, 1.165) is 16.5 Å². The molecule has 0 saturated heterocycles. The minimum atomic E-state index is -0.608. The second-order valence-corrected chi connectivity index (χ2v) is 8.10. The first-order valence-corrected chi connectivity index (χ1v) is 11.3. The molecule has 2 rings (SSSR count). The van der Waals surface area contributed by atoms with E-state index < -0.39 is 6.04 Å². The van der Waals surface area contributed by atoms with Crippen molar-refractivity contribution in [2.45, 2.75) is 46.2 Å². The lowest BCUT2D eigenvalue weighted by Gasteiger charge is -2.30. The van der Waals surface area contributed by atoms with E-state index in [4.69, 9.17) is 16.3 Å². The van der Waals surface area contributed by atoms with E-state index in [2.05, 4.69) is 28.2 Å². The van der Waals surface area contributed by atoms with Crippen molar-refractivity contribution in [3.8, 4) is 5.75 Å². The lowest BCUT2D eigenvalue weighted by Crippen LogP contribution is -2.50. The maximum Gasteiger partial charge on any atom is 0.261 e. The number of ether oxygens (including phenoxy) is 1. The summed E-state index contributed by atoms with van der Waals surface area (Å²) >= 11 is 9.80. The van der Waals surface area contributed by atoms with E-state index in [9.17, 15) is 9.59 Å². The molecule has 0 fully saturated rings. The summed E-state index contributed by atoms with van der Waals surface area (Å²) < 4.78 is 6.57.